The minimum Gasteiger partial charge on any atom is -0.475 e. The van der Waals surface area contributed by atoms with Crippen LogP contribution >= 0.6 is 0 Å². The van der Waals surface area contributed by atoms with Crippen LogP contribution in [0.2, 0.25) is 0 Å². The van der Waals surface area contributed by atoms with Gasteiger partial charge in [0.15, 0.2) is 0 Å². The summed E-state index contributed by atoms with van der Waals surface area (Å²) in [6.07, 6.45) is 3.53. The van der Waals surface area contributed by atoms with Crippen molar-refractivity contribution in [3.05, 3.63) is 11.9 Å². The Bertz CT molecular complexity index is 439. The van der Waals surface area contributed by atoms with Crippen LogP contribution in [0.15, 0.2) is 6.07 Å². The van der Waals surface area contributed by atoms with Crippen LogP contribution in [0.3, 0.4) is 0 Å². The van der Waals surface area contributed by atoms with Gasteiger partial charge in [0, 0.05) is 18.1 Å². The molecule has 0 amide bonds. The van der Waals surface area contributed by atoms with Gasteiger partial charge in [0.1, 0.15) is 18.2 Å². The number of anilines is 1. The molecule has 6 nitrogen and oxygen atoms in total. The third-order valence-electron chi connectivity index (χ3n) is 3.21. The van der Waals surface area contributed by atoms with Gasteiger partial charge in [0.05, 0.1) is 6.10 Å². The number of nitrogens with one attached hydrogen (secondary N) is 1. The number of ether oxygens (including phenoxy) is 2. The zero-order chi connectivity index (χ0) is 14.6. The van der Waals surface area contributed by atoms with E-state index in [0.29, 0.717) is 24.1 Å². The van der Waals surface area contributed by atoms with E-state index >= 15 is 0 Å². The first-order chi connectivity index (χ1) is 9.49. The predicted octanol–water partition coefficient (Wildman–Crippen LogP) is 2.01. The lowest BCUT2D eigenvalue weighted by Gasteiger charge is -2.23. The average Bonchev–Trinajstić information content (AvgIpc) is 2.45. The molecule has 1 fully saturated rings. The molecule has 1 aromatic rings. The van der Waals surface area contributed by atoms with Gasteiger partial charge in [-0.2, -0.15) is 4.98 Å². The lowest BCUT2D eigenvalue weighted by Crippen LogP contribution is -2.26. The van der Waals surface area contributed by atoms with Gasteiger partial charge in [0.2, 0.25) is 5.88 Å². The van der Waals surface area contributed by atoms with Crippen LogP contribution in [-0.4, -0.2) is 29.3 Å². The number of nitrogens with zero attached hydrogens (tertiary/aromatic N) is 2. The molecular weight excluding hydrogens is 256 g/mol. The minimum atomic E-state index is -0.160. The first kappa shape index (κ1) is 15.0. The summed E-state index contributed by atoms with van der Waals surface area (Å²) in [4.78, 5) is 8.81. The van der Waals surface area contributed by atoms with E-state index in [4.69, 9.17) is 15.3 Å². The molecule has 0 aromatic carbocycles. The Labute approximate surface area is 120 Å². The van der Waals surface area contributed by atoms with Gasteiger partial charge in [-0.25, -0.2) is 10.8 Å². The van der Waals surface area contributed by atoms with Crippen molar-refractivity contribution >= 4 is 5.82 Å². The van der Waals surface area contributed by atoms with Crippen molar-refractivity contribution in [3.8, 4) is 5.88 Å². The second-order valence-corrected chi connectivity index (χ2v) is 6.11. The van der Waals surface area contributed by atoms with Crippen LogP contribution in [0, 0.1) is 0 Å². The molecule has 6 heteroatoms. The van der Waals surface area contributed by atoms with Crippen LogP contribution in [-0.2, 0) is 10.2 Å². The van der Waals surface area contributed by atoms with Crippen LogP contribution in [0.5, 0.6) is 5.88 Å². The fourth-order valence-electron chi connectivity index (χ4n) is 2.03. The molecule has 1 unspecified atom stereocenters. The van der Waals surface area contributed by atoms with E-state index in [1.165, 1.54) is 6.42 Å². The van der Waals surface area contributed by atoms with E-state index < -0.39 is 0 Å². The van der Waals surface area contributed by atoms with E-state index in [9.17, 15) is 0 Å². The van der Waals surface area contributed by atoms with Crippen molar-refractivity contribution in [2.45, 2.75) is 51.6 Å². The molecule has 0 aliphatic carbocycles. The Kier molecular flexibility index (Phi) is 4.77. The molecule has 0 radical (unpaired) electrons. The van der Waals surface area contributed by atoms with E-state index in [0.717, 1.165) is 19.4 Å². The Morgan fingerprint density at radius 1 is 1.40 bits per heavy atom. The Morgan fingerprint density at radius 2 is 2.20 bits per heavy atom. The van der Waals surface area contributed by atoms with Crippen molar-refractivity contribution in [2.75, 3.05) is 18.6 Å². The van der Waals surface area contributed by atoms with Gasteiger partial charge in [-0.3, -0.25) is 0 Å². The topological polar surface area (TPSA) is 82.3 Å². The first-order valence-electron chi connectivity index (χ1n) is 7.09. The van der Waals surface area contributed by atoms with Crippen molar-refractivity contribution < 1.29 is 9.47 Å². The standard InChI is InChI=1S/C14H24N4O2/c1-14(2,3)13-16-11(18-15)8-12(17-13)20-9-10-6-4-5-7-19-10/h8,10H,4-7,9,15H2,1-3H3,(H,16,17,18). The number of hydrogen-bond donors (Lipinski definition) is 2. The van der Waals surface area contributed by atoms with E-state index in [2.05, 4.69) is 36.2 Å². The Hall–Kier alpha value is -1.40. The molecule has 1 saturated heterocycles. The number of nitrogen functional groups attached to an aromatic ring is 1. The van der Waals surface area contributed by atoms with Crippen LogP contribution in [0.4, 0.5) is 5.82 Å². The summed E-state index contributed by atoms with van der Waals surface area (Å²) in [6, 6.07) is 1.71. The zero-order valence-electron chi connectivity index (χ0n) is 12.5. The van der Waals surface area contributed by atoms with Gasteiger partial charge in [0.25, 0.3) is 0 Å². The number of hydrogen-bond acceptors (Lipinski definition) is 6. The van der Waals surface area contributed by atoms with E-state index in [1.54, 1.807) is 6.07 Å². The Morgan fingerprint density at radius 3 is 2.80 bits per heavy atom. The summed E-state index contributed by atoms with van der Waals surface area (Å²) >= 11 is 0. The fourth-order valence-corrected chi connectivity index (χ4v) is 2.03. The first-order valence-corrected chi connectivity index (χ1v) is 7.09. The third-order valence-corrected chi connectivity index (χ3v) is 3.21. The largest absolute Gasteiger partial charge is 0.475 e. The van der Waals surface area contributed by atoms with E-state index in [1.807, 2.05) is 0 Å². The molecule has 1 aromatic heterocycles. The molecule has 112 valence electrons. The summed E-state index contributed by atoms with van der Waals surface area (Å²) in [7, 11) is 0. The molecule has 0 bridgehead atoms. The highest BCUT2D eigenvalue weighted by Crippen LogP contribution is 2.23. The maximum Gasteiger partial charge on any atom is 0.218 e. The second-order valence-electron chi connectivity index (χ2n) is 6.11. The second kappa shape index (κ2) is 6.37. The van der Waals surface area contributed by atoms with Gasteiger partial charge < -0.3 is 14.9 Å². The number of aromatic nitrogens is 2. The van der Waals surface area contributed by atoms with Crippen molar-refractivity contribution in [2.24, 2.45) is 5.84 Å². The summed E-state index contributed by atoms with van der Waals surface area (Å²) in [5.74, 6) is 7.24. The number of nitrogens with two attached hydrogens (primary N) is 1. The third kappa shape index (κ3) is 4.05. The molecule has 0 saturated carbocycles. The molecule has 0 spiro atoms. The highest BCUT2D eigenvalue weighted by Gasteiger charge is 2.20. The van der Waals surface area contributed by atoms with Crippen molar-refractivity contribution in [3.63, 3.8) is 0 Å². The van der Waals surface area contributed by atoms with E-state index in [-0.39, 0.29) is 11.5 Å². The molecule has 2 heterocycles. The number of rotatable bonds is 4. The average molecular weight is 280 g/mol. The maximum absolute atomic E-state index is 5.75. The minimum absolute atomic E-state index is 0.158. The summed E-state index contributed by atoms with van der Waals surface area (Å²) < 4.78 is 11.4. The summed E-state index contributed by atoms with van der Waals surface area (Å²) in [5, 5.41) is 0. The molecule has 1 atom stereocenters. The van der Waals surface area contributed by atoms with Crippen molar-refractivity contribution in [1.82, 2.24) is 9.97 Å². The van der Waals surface area contributed by atoms with Gasteiger partial charge in [-0.05, 0) is 19.3 Å². The molecule has 1 aliphatic heterocycles. The predicted molar refractivity (Wildman–Crippen MR) is 77.6 cm³/mol. The monoisotopic (exact) mass is 280 g/mol. The van der Waals surface area contributed by atoms with Gasteiger partial charge in [-0.15, -0.1) is 0 Å². The molecule has 3 N–H and O–H groups in total. The highest BCUT2D eigenvalue weighted by molar-refractivity contribution is 5.37. The van der Waals surface area contributed by atoms with Crippen LogP contribution < -0.4 is 16.0 Å². The molecular formula is C14H24N4O2. The molecule has 2 rings (SSSR count). The molecule has 20 heavy (non-hydrogen) atoms. The quantitative estimate of drug-likeness (QED) is 0.648. The smallest absolute Gasteiger partial charge is 0.218 e. The normalized spacial score (nSPS) is 19.7. The van der Waals surface area contributed by atoms with Crippen LogP contribution in [0.25, 0.3) is 0 Å². The summed E-state index contributed by atoms with van der Waals surface area (Å²) in [6.45, 7) is 7.50. The zero-order valence-corrected chi connectivity index (χ0v) is 12.5. The fraction of sp³-hybridized carbons (Fsp3) is 0.714. The maximum atomic E-state index is 5.75. The number of hydrazine groups is 1. The lowest BCUT2D eigenvalue weighted by atomic mass is 9.96. The van der Waals surface area contributed by atoms with Crippen LogP contribution in [0.1, 0.15) is 45.9 Å². The lowest BCUT2D eigenvalue weighted by molar-refractivity contribution is -0.0120. The van der Waals surface area contributed by atoms with Crippen molar-refractivity contribution in [1.29, 1.82) is 0 Å². The van der Waals surface area contributed by atoms with Gasteiger partial charge >= 0.3 is 0 Å². The molecule has 1 aliphatic rings. The highest BCUT2D eigenvalue weighted by atomic mass is 16.5. The Balaban J connectivity index is 2.06. The summed E-state index contributed by atoms with van der Waals surface area (Å²) in [5.41, 5.74) is 2.40. The SMILES string of the molecule is CC(C)(C)c1nc(NN)cc(OCC2CCCCO2)n1. The van der Waals surface area contributed by atoms with Gasteiger partial charge in [-0.1, -0.05) is 20.8 Å².